The van der Waals surface area contributed by atoms with Crippen LogP contribution in [0, 0.1) is 0 Å². The van der Waals surface area contributed by atoms with Gasteiger partial charge in [0.25, 0.3) is 0 Å². The van der Waals surface area contributed by atoms with Crippen LogP contribution in [-0.2, 0) is 0 Å². The first-order valence-corrected chi connectivity index (χ1v) is 4.44. The number of hydrogen-bond donors (Lipinski definition) is 1. The molecule has 0 aliphatic carbocycles. The minimum Gasteiger partial charge on any atom is -0.396 e. The van der Waals surface area contributed by atoms with Gasteiger partial charge in [0.05, 0.1) is 0 Å². The van der Waals surface area contributed by atoms with E-state index in [1.807, 2.05) is 17.3 Å². The number of rotatable bonds is 4. The van der Waals surface area contributed by atoms with Crippen molar-refractivity contribution in [2.75, 3.05) is 25.1 Å². The monoisotopic (exact) mass is 172 g/mol. The van der Waals surface area contributed by atoms with Gasteiger partial charge in [0, 0.05) is 31.8 Å². The van der Waals surface area contributed by atoms with Gasteiger partial charge in [-0.3, -0.25) is 0 Å². The molecule has 1 aromatic rings. The fraction of sp³-hybridized carbons (Fsp3) is 0.571. The van der Waals surface area contributed by atoms with Gasteiger partial charge in [-0.15, -0.1) is 11.3 Å². The normalized spacial score (nSPS) is 10.0. The molecule has 3 nitrogen and oxygen atoms in total. The second-order valence-corrected chi connectivity index (χ2v) is 3.19. The van der Waals surface area contributed by atoms with E-state index in [1.165, 1.54) is 0 Å². The Morgan fingerprint density at radius 1 is 1.73 bits per heavy atom. The molecule has 0 radical (unpaired) electrons. The Kier molecular flexibility index (Phi) is 3.32. The molecule has 0 aliphatic heterocycles. The Morgan fingerprint density at radius 3 is 3.09 bits per heavy atom. The van der Waals surface area contributed by atoms with Crippen LogP contribution in [0.2, 0.25) is 0 Å². The minimum atomic E-state index is 0.246. The Labute approximate surface area is 70.3 Å². The second kappa shape index (κ2) is 4.31. The summed E-state index contributed by atoms with van der Waals surface area (Å²) in [5, 5.41) is 11.5. The molecule has 0 bridgehead atoms. The van der Waals surface area contributed by atoms with Crippen molar-refractivity contribution in [1.29, 1.82) is 0 Å². The van der Waals surface area contributed by atoms with Crippen molar-refractivity contribution in [2.45, 2.75) is 6.42 Å². The first-order valence-electron chi connectivity index (χ1n) is 3.56. The van der Waals surface area contributed by atoms with E-state index in [0.717, 1.165) is 18.1 Å². The van der Waals surface area contributed by atoms with Crippen molar-refractivity contribution >= 4 is 16.5 Å². The van der Waals surface area contributed by atoms with Gasteiger partial charge < -0.3 is 10.0 Å². The molecule has 0 atom stereocenters. The molecule has 1 N–H and O–H groups in total. The van der Waals surface area contributed by atoms with E-state index in [4.69, 9.17) is 5.11 Å². The Morgan fingerprint density at radius 2 is 2.55 bits per heavy atom. The molecular formula is C7H12N2OS. The van der Waals surface area contributed by atoms with E-state index in [9.17, 15) is 0 Å². The van der Waals surface area contributed by atoms with Crippen LogP contribution in [-0.4, -0.2) is 30.3 Å². The third-order valence-electron chi connectivity index (χ3n) is 1.40. The lowest BCUT2D eigenvalue weighted by molar-refractivity contribution is 0.290. The lowest BCUT2D eigenvalue weighted by Gasteiger charge is -2.13. The number of aliphatic hydroxyl groups is 1. The maximum absolute atomic E-state index is 8.57. The summed E-state index contributed by atoms with van der Waals surface area (Å²) in [6, 6.07) is 0. The third kappa shape index (κ3) is 2.48. The average molecular weight is 172 g/mol. The highest BCUT2D eigenvalue weighted by Gasteiger charge is 2.00. The molecule has 1 rings (SSSR count). The van der Waals surface area contributed by atoms with E-state index in [1.54, 1.807) is 17.5 Å². The molecule has 4 heteroatoms. The number of thiazole rings is 1. The largest absolute Gasteiger partial charge is 0.396 e. The highest BCUT2D eigenvalue weighted by molar-refractivity contribution is 7.13. The highest BCUT2D eigenvalue weighted by Crippen LogP contribution is 2.14. The lowest BCUT2D eigenvalue weighted by atomic mass is 10.4. The van der Waals surface area contributed by atoms with Crippen LogP contribution in [0.15, 0.2) is 11.6 Å². The molecule has 11 heavy (non-hydrogen) atoms. The Hall–Kier alpha value is -0.610. The van der Waals surface area contributed by atoms with Gasteiger partial charge in [-0.05, 0) is 6.42 Å². The molecule has 0 aliphatic rings. The number of aromatic nitrogens is 1. The summed E-state index contributed by atoms with van der Waals surface area (Å²) in [5.41, 5.74) is 0. The molecule has 62 valence electrons. The first kappa shape index (κ1) is 8.49. The average Bonchev–Trinajstić information content (AvgIpc) is 2.52. The number of aliphatic hydroxyl groups excluding tert-OH is 1. The zero-order valence-corrected chi connectivity index (χ0v) is 7.34. The van der Waals surface area contributed by atoms with Crippen LogP contribution in [0.5, 0.6) is 0 Å². The molecule has 0 fully saturated rings. The van der Waals surface area contributed by atoms with E-state index in [2.05, 4.69) is 4.98 Å². The van der Waals surface area contributed by atoms with Crippen molar-refractivity contribution in [3.8, 4) is 0 Å². The van der Waals surface area contributed by atoms with Gasteiger partial charge in [-0.2, -0.15) is 0 Å². The van der Waals surface area contributed by atoms with Crippen LogP contribution in [0.3, 0.4) is 0 Å². The van der Waals surface area contributed by atoms with Gasteiger partial charge in [-0.25, -0.2) is 4.98 Å². The summed E-state index contributed by atoms with van der Waals surface area (Å²) in [7, 11) is 1.98. The van der Waals surface area contributed by atoms with Crippen molar-refractivity contribution in [3.63, 3.8) is 0 Å². The second-order valence-electron chi connectivity index (χ2n) is 2.31. The van der Waals surface area contributed by atoms with E-state index >= 15 is 0 Å². The number of nitrogens with zero attached hydrogens (tertiary/aromatic N) is 2. The van der Waals surface area contributed by atoms with Crippen LogP contribution in [0.1, 0.15) is 6.42 Å². The number of anilines is 1. The van der Waals surface area contributed by atoms with Crippen molar-refractivity contribution < 1.29 is 5.11 Å². The molecule has 0 aromatic carbocycles. The lowest BCUT2D eigenvalue weighted by Crippen LogP contribution is -2.18. The molecule has 1 aromatic heterocycles. The highest BCUT2D eigenvalue weighted by atomic mass is 32.1. The fourth-order valence-corrected chi connectivity index (χ4v) is 1.44. The fourth-order valence-electron chi connectivity index (χ4n) is 0.808. The summed E-state index contributed by atoms with van der Waals surface area (Å²) in [6.07, 6.45) is 2.59. The van der Waals surface area contributed by atoms with E-state index in [0.29, 0.717) is 0 Å². The molecule has 0 spiro atoms. The summed E-state index contributed by atoms with van der Waals surface area (Å²) in [5.74, 6) is 0. The maximum Gasteiger partial charge on any atom is 0.184 e. The third-order valence-corrected chi connectivity index (χ3v) is 2.28. The van der Waals surface area contributed by atoms with Crippen molar-refractivity contribution in [3.05, 3.63) is 11.6 Å². The van der Waals surface area contributed by atoms with Crippen LogP contribution >= 0.6 is 11.3 Å². The zero-order valence-electron chi connectivity index (χ0n) is 6.53. The molecule has 1 heterocycles. The molecule has 0 saturated carbocycles. The SMILES string of the molecule is CN(CCCO)c1nccs1. The van der Waals surface area contributed by atoms with E-state index in [-0.39, 0.29) is 6.61 Å². The quantitative estimate of drug-likeness (QED) is 0.735. The van der Waals surface area contributed by atoms with Gasteiger partial charge in [0.15, 0.2) is 5.13 Å². The van der Waals surface area contributed by atoms with Gasteiger partial charge in [0.1, 0.15) is 0 Å². The predicted molar refractivity (Wildman–Crippen MR) is 47.1 cm³/mol. The van der Waals surface area contributed by atoms with Gasteiger partial charge >= 0.3 is 0 Å². The van der Waals surface area contributed by atoms with Crippen LogP contribution in [0.4, 0.5) is 5.13 Å². The predicted octanol–water partition coefficient (Wildman–Crippen LogP) is 0.962. The molecule has 0 amide bonds. The van der Waals surface area contributed by atoms with Gasteiger partial charge in [0.2, 0.25) is 0 Å². The summed E-state index contributed by atoms with van der Waals surface area (Å²) in [4.78, 5) is 6.17. The van der Waals surface area contributed by atoms with Crippen LogP contribution < -0.4 is 4.90 Å². The van der Waals surface area contributed by atoms with Crippen LogP contribution in [0.25, 0.3) is 0 Å². The maximum atomic E-state index is 8.57. The first-order chi connectivity index (χ1) is 5.34. The van der Waals surface area contributed by atoms with Crippen molar-refractivity contribution in [2.24, 2.45) is 0 Å². The topological polar surface area (TPSA) is 36.4 Å². The van der Waals surface area contributed by atoms with E-state index < -0.39 is 0 Å². The standard InChI is InChI=1S/C7H12N2OS/c1-9(4-2-5-10)7-8-3-6-11-7/h3,6,10H,2,4-5H2,1H3. The molecule has 0 saturated heterocycles. The molecular weight excluding hydrogens is 160 g/mol. The minimum absolute atomic E-state index is 0.246. The zero-order chi connectivity index (χ0) is 8.10. The summed E-state index contributed by atoms with van der Waals surface area (Å²) < 4.78 is 0. The van der Waals surface area contributed by atoms with Gasteiger partial charge in [-0.1, -0.05) is 0 Å². The summed E-state index contributed by atoms with van der Waals surface area (Å²) in [6.45, 7) is 1.11. The molecule has 0 unspecified atom stereocenters. The smallest absolute Gasteiger partial charge is 0.184 e. The van der Waals surface area contributed by atoms with Crippen molar-refractivity contribution in [1.82, 2.24) is 4.98 Å². The number of hydrogen-bond acceptors (Lipinski definition) is 4. The Bertz CT molecular complexity index is 188. The summed E-state index contributed by atoms with van der Waals surface area (Å²) >= 11 is 1.61. The Balaban J connectivity index is 2.36.